The summed E-state index contributed by atoms with van der Waals surface area (Å²) in [6, 6.07) is 10.1. The number of furan rings is 1. The summed E-state index contributed by atoms with van der Waals surface area (Å²) in [5, 5.41) is 13.4. The molecule has 0 amide bonds. The quantitative estimate of drug-likeness (QED) is 0.461. The van der Waals surface area contributed by atoms with Crippen molar-refractivity contribution in [3.05, 3.63) is 53.8 Å². The Balaban J connectivity index is 1.46. The van der Waals surface area contributed by atoms with Crippen LogP contribution in [0.15, 0.2) is 50.7 Å². The molecule has 8 heteroatoms. The van der Waals surface area contributed by atoms with Crippen LogP contribution in [0, 0.1) is 6.92 Å². The van der Waals surface area contributed by atoms with Gasteiger partial charge in [-0.3, -0.25) is 0 Å². The minimum atomic E-state index is 0.524. The van der Waals surface area contributed by atoms with Crippen LogP contribution in [0.4, 0.5) is 0 Å². The third-order valence-electron chi connectivity index (χ3n) is 4.35. The van der Waals surface area contributed by atoms with Gasteiger partial charge >= 0.3 is 0 Å². The molecule has 0 fully saturated rings. The van der Waals surface area contributed by atoms with Crippen LogP contribution in [0.3, 0.4) is 0 Å². The molecule has 4 aromatic rings. The molecular weight excluding hydrogens is 362 g/mol. The summed E-state index contributed by atoms with van der Waals surface area (Å²) in [6.07, 6.45) is 2.66. The first kappa shape index (κ1) is 17.5. The molecule has 7 nitrogen and oxygen atoms in total. The predicted octanol–water partition coefficient (Wildman–Crippen LogP) is 4.29. The number of aryl methyl sites for hydroxylation is 2. The third-order valence-corrected chi connectivity index (χ3v) is 5.35. The minimum Gasteiger partial charge on any atom is -0.469 e. The first-order valence-electron chi connectivity index (χ1n) is 8.64. The second-order valence-electron chi connectivity index (χ2n) is 6.11. The lowest BCUT2D eigenvalue weighted by atomic mass is 10.1. The standard InChI is InChI=1S/C19H19N5O2S/c1-4-13-5-7-14(8-6-13)17-20-16(26-23-17)11-27-19-22-21-18(24(19)3)15-9-10-25-12(15)2/h5-10H,4,11H2,1-3H3. The predicted molar refractivity (Wildman–Crippen MR) is 102 cm³/mol. The van der Waals surface area contributed by atoms with Crippen LogP contribution < -0.4 is 0 Å². The van der Waals surface area contributed by atoms with E-state index in [0.717, 1.165) is 34.3 Å². The van der Waals surface area contributed by atoms with E-state index in [4.69, 9.17) is 8.94 Å². The molecule has 0 saturated carbocycles. The summed E-state index contributed by atoms with van der Waals surface area (Å²) in [6.45, 7) is 4.04. The van der Waals surface area contributed by atoms with E-state index in [1.165, 1.54) is 17.3 Å². The van der Waals surface area contributed by atoms with Crippen molar-refractivity contribution in [2.24, 2.45) is 7.05 Å². The zero-order valence-electron chi connectivity index (χ0n) is 15.3. The molecule has 0 aliphatic rings. The number of hydrogen-bond acceptors (Lipinski definition) is 7. The van der Waals surface area contributed by atoms with Gasteiger partial charge in [-0.1, -0.05) is 48.1 Å². The molecule has 0 unspecified atom stereocenters. The Labute approximate surface area is 160 Å². The van der Waals surface area contributed by atoms with Crippen molar-refractivity contribution >= 4 is 11.8 Å². The summed E-state index contributed by atoms with van der Waals surface area (Å²) >= 11 is 1.50. The van der Waals surface area contributed by atoms with E-state index >= 15 is 0 Å². The van der Waals surface area contributed by atoms with E-state index in [9.17, 15) is 0 Å². The highest BCUT2D eigenvalue weighted by atomic mass is 32.2. The Kier molecular flexibility index (Phi) is 4.81. The maximum absolute atomic E-state index is 5.38. The molecule has 0 saturated heterocycles. The van der Waals surface area contributed by atoms with Crippen molar-refractivity contribution in [1.82, 2.24) is 24.9 Å². The largest absolute Gasteiger partial charge is 0.469 e. The first-order valence-corrected chi connectivity index (χ1v) is 9.62. The van der Waals surface area contributed by atoms with Gasteiger partial charge in [0.1, 0.15) is 5.76 Å². The fourth-order valence-electron chi connectivity index (χ4n) is 2.74. The molecule has 0 aliphatic heterocycles. The summed E-state index contributed by atoms with van der Waals surface area (Å²) in [5.74, 6) is 3.26. The Hall–Kier alpha value is -2.87. The Morgan fingerprint density at radius 1 is 1.11 bits per heavy atom. The maximum atomic E-state index is 5.38. The van der Waals surface area contributed by atoms with Crippen LogP contribution in [-0.2, 0) is 19.2 Å². The van der Waals surface area contributed by atoms with Gasteiger partial charge in [0, 0.05) is 12.6 Å². The number of hydrogen-bond donors (Lipinski definition) is 0. The van der Waals surface area contributed by atoms with Gasteiger partial charge in [-0.25, -0.2) is 0 Å². The van der Waals surface area contributed by atoms with Crippen molar-refractivity contribution in [2.75, 3.05) is 0 Å². The van der Waals surface area contributed by atoms with Crippen LogP contribution in [0.5, 0.6) is 0 Å². The Morgan fingerprint density at radius 2 is 1.93 bits per heavy atom. The van der Waals surface area contributed by atoms with Gasteiger partial charge < -0.3 is 13.5 Å². The van der Waals surface area contributed by atoms with Gasteiger partial charge in [0.25, 0.3) is 0 Å². The van der Waals surface area contributed by atoms with Crippen molar-refractivity contribution in [2.45, 2.75) is 31.2 Å². The molecule has 4 rings (SSSR count). The first-order chi connectivity index (χ1) is 13.2. The molecule has 0 atom stereocenters. The average Bonchev–Trinajstić information content (AvgIpc) is 3.41. The second-order valence-corrected chi connectivity index (χ2v) is 7.05. The monoisotopic (exact) mass is 381 g/mol. The topological polar surface area (TPSA) is 82.8 Å². The molecule has 0 N–H and O–H groups in total. The minimum absolute atomic E-state index is 0.524. The molecule has 3 heterocycles. The van der Waals surface area contributed by atoms with Gasteiger partial charge in [0.05, 0.1) is 17.6 Å². The lowest BCUT2D eigenvalue weighted by Gasteiger charge is -2.01. The molecule has 0 radical (unpaired) electrons. The second kappa shape index (κ2) is 7.40. The van der Waals surface area contributed by atoms with Gasteiger partial charge in [-0.2, -0.15) is 4.98 Å². The zero-order valence-corrected chi connectivity index (χ0v) is 16.2. The van der Waals surface area contributed by atoms with Gasteiger partial charge in [0.15, 0.2) is 11.0 Å². The van der Waals surface area contributed by atoms with Gasteiger partial charge in [-0.05, 0) is 25.0 Å². The smallest absolute Gasteiger partial charge is 0.237 e. The van der Waals surface area contributed by atoms with Crippen LogP contribution in [0.25, 0.3) is 22.8 Å². The molecule has 138 valence electrons. The molecule has 0 bridgehead atoms. The molecule has 1 aromatic carbocycles. The fourth-order valence-corrected chi connectivity index (χ4v) is 3.49. The summed E-state index contributed by atoms with van der Waals surface area (Å²) in [5.41, 5.74) is 3.17. The van der Waals surface area contributed by atoms with E-state index in [-0.39, 0.29) is 0 Å². The van der Waals surface area contributed by atoms with Crippen LogP contribution in [-0.4, -0.2) is 24.9 Å². The van der Waals surface area contributed by atoms with Crippen LogP contribution >= 0.6 is 11.8 Å². The molecule has 3 aromatic heterocycles. The summed E-state index contributed by atoms with van der Waals surface area (Å²) < 4.78 is 12.7. The van der Waals surface area contributed by atoms with E-state index in [1.807, 2.05) is 36.7 Å². The number of thioether (sulfide) groups is 1. The maximum Gasteiger partial charge on any atom is 0.237 e. The average molecular weight is 381 g/mol. The van der Waals surface area contributed by atoms with E-state index in [1.54, 1.807) is 6.26 Å². The van der Waals surface area contributed by atoms with Crippen molar-refractivity contribution in [1.29, 1.82) is 0 Å². The number of benzene rings is 1. The summed E-state index contributed by atoms with van der Waals surface area (Å²) in [7, 11) is 1.93. The van der Waals surface area contributed by atoms with Crippen molar-refractivity contribution in [3.63, 3.8) is 0 Å². The Bertz CT molecular complexity index is 1050. The third kappa shape index (κ3) is 3.52. The van der Waals surface area contributed by atoms with Crippen LogP contribution in [0.2, 0.25) is 0 Å². The molecule has 0 aliphatic carbocycles. The van der Waals surface area contributed by atoms with E-state index in [2.05, 4.69) is 39.4 Å². The van der Waals surface area contributed by atoms with Crippen LogP contribution in [0.1, 0.15) is 24.1 Å². The normalized spacial score (nSPS) is 11.2. The summed E-state index contributed by atoms with van der Waals surface area (Å²) in [4.78, 5) is 4.48. The SMILES string of the molecule is CCc1ccc(-c2noc(CSc3nnc(-c4ccoc4C)n3C)n2)cc1. The fraction of sp³-hybridized carbons (Fsp3) is 0.263. The molecule has 27 heavy (non-hydrogen) atoms. The van der Waals surface area contributed by atoms with E-state index < -0.39 is 0 Å². The highest BCUT2D eigenvalue weighted by Gasteiger charge is 2.16. The van der Waals surface area contributed by atoms with Crippen molar-refractivity contribution < 1.29 is 8.94 Å². The van der Waals surface area contributed by atoms with E-state index in [0.29, 0.717) is 17.5 Å². The molecular formula is C19H19N5O2S. The Morgan fingerprint density at radius 3 is 2.63 bits per heavy atom. The van der Waals surface area contributed by atoms with Gasteiger partial charge in [-0.15, -0.1) is 10.2 Å². The number of aromatic nitrogens is 5. The zero-order chi connectivity index (χ0) is 18.8. The number of nitrogens with zero attached hydrogens (tertiary/aromatic N) is 5. The lowest BCUT2D eigenvalue weighted by molar-refractivity contribution is 0.391. The van der Waals surface area contributed by atoms with Gasteiger partial charge in [0.2, 0.25) is 11.7 Å². The highest BCUT2D eigenvalue weighted by Crippen LogP contribution is 2.27. The number of rotatable bonds is 6. The van der Waals surface area contributed by atoms with Crippen molar-refractivity contribution in [3.8, 4) is 22.8 Å². The molecule has 0 spiro atoms. The highest BCUT2D eigenvalue weighted by molar-refractivity contribution is 7.98. The lowest BCUT2D eigenvalue weighted by Crippen LogP contribution is -1.95.